The topological polar surface area (TPSA) is 46.6 Å². The Kier molecular flexibility index (Phi) is 3.55. The van der Waals surface area contributed by atoms with Gasteiger partial charge in [-0.1, -0.05) is 6.92 Å². The smallest absolute Gasteiger partial charge is 0.306 e. The van der Waals surface area contributed by atoms with E-state index in [1.807, 2.05) is 34.6 Å². The van der Waals surface area contributed by atoms with Crippen LogP contribution in [0, 0.1) is 0 Å². The molecule has 1 aliphatic heterocycles. The highest BCUT2D eigenvalue weighted by atomic mass is 16.6. The van der Waals surface area contributed by atoms with Gasteiger partial charge in [0.25, 0.3) is 5.91 Å². The first-order chi connectivity index (χ1) is 7.64. The summed E-state index contributed by atoms with van der Waals surface area (Å²) < 4.78 is 5.33. The van der Waals surface area contributed by atoms with Gasteiger partial charge in [0.15, 0.2) is 0 Å². The van der Waals surface area contributed by atoms with Crippen molar-refractivity contribution in [1.82, 2.24) is 4.90 Å². The third-order valence-electron chi connectivity index (χ3n) is 3.33. The molecule has 2 atom stereocenters. The number of carbonyl (C=O) groups is 2. The lowest BCUT2D eigenvalue weighted by Crippen LogP contribution is -2.76. The minimum absolute atomic E-state index is 0.0733. The Morgan fingerprint density at radius 3 is 2.35 bits per heavy atom. The SMILES string of the molecule is CCCC(=O)O[C@]1(C)C(=O)N(C(C)(C)C)[C@@H]1C. The molecule has 98 valence electrons. The van der Waals surface area contributed by atoms with Crippen molar-refractivity contribution in [2.24, 2.45) is 0 Å². The van der Waals surface area contributed by atoms with Gasteiger partial charge in [-0.2, -0.15) is 0 Å². The molecule has 1 saturated heterocycles. The number of likely N-dealkylation sites (tertiary alicyclic amines) is 1. The van der Waals surface area contributed by atoms with Gasteiger partial charge in [-0.3, -0.25) is 9.59 Å². The van der Waals surface area contributed by atoms with Gasteiger partial charge in [-0.05, 0) is 41.0 Å². The Hall–Kier alpha value is -1.06. The van der Waals surface area contributed by atoms with E-state index in [0.29, 0.717) is 6.42 Å². The third kappa shape index (κ3) is 2.31. The summed E-state index contributed by atoms with van der Waals surface area (Å²) in [6, 6.07) is -0.0733. The number of esters is 1. The van der Waals surface area contributed by atoms with E-state index in [9.17, 15) is 9.59 Å². The number of ether oxygens (including phenoxy) is 1. The molecule has 0 saturated carbocycles. The normalized spacial score (nSPS) is 28.9. The molecule has 0 aromatic carbocycles. The average Bonchev–Trinajstić information content (AvgIpc) is 2.16. The van der Waals surface area contributed by atoms with Crippen molar-refractivity contribution in [1.29, 1.82) is 0 Å². The molecule has 0 N–H and O–H groups in total. The van der Waals surface area contributed by atoms with Crippen LogP contribution in [0.15, 0.2) is 0 Å². The first kappa shape index (κ1) is 14.0. The molecule has 1 amide bonds. The number of rotatable bonds is 3. The van der Waals surface area contributed by atoms with E-state index in [4.69, 9.17) is 4.74 Å². The highest BCUT2D eigenvalue weighted by Crippen LogP contribution is 2.39. The van der Waals surface area contributed by atoms with Gasteiger partial charge in [-0.25, -0.2) is 0 Å². The first-order valence-electron chi connectivity index (χ1n) is 6.20. The maximum absolute atomic E-state index is 12.1. The number of amides is 1. The Balaban J connectivity index is 2.75. The minimum atomic E-state index is -0.973. The van der Waals surface area contributed by atoms with E-state index in [-0.39, 0.29) is 23.5 Å². The fourth-order valence-corrected chi connectivity index (χ4v) is 2.28. The van der Waals surface area contributed by atoms with Crippen molar-refractivity contribution >= 4 is 11.9 Å². The lowest BCUT2D eigenvalue weighted by Gasteiger charge is -2.57. The van der Waals surface area contributed by atoms with E-state index in [1.165, 1.54) is 0 Å². The van der Waals surface area contributed by atoms with E-state index < -0.39 is 5.60 Å². The number of hydrogen-bond donors (Lipinski definition) is 0. The zero-order valence-corrected chi connectivity index (χ0v) is 11.7. The molecule has 1 rings (SSSR count). The van der Waals surface area contributed by atoms with E-state index >= 15 is 0 Å². The Bertz CT molecular complexity index is 332. The summed E-state index contributed by atoms with van der Waals surface area (Å²) in [5.41, 5.74) is -1.20. The van der Waals surface area contributed by atoms with Crippen LogP contribution in [0.4, 0.5) is 0 Å². The molecule has 0 aliphatic carbocycles. The van der Waals surface area contributed by atoms with Crippen LogP contribution in [-0.4, -0.2) is 34.0 Å². The molecule has 4 heteroatoms. The largest absolute Gasteiger partial charge is 0.447 e. The van der Waals surface area contributed by atoms with E-state index in [0.717, 1.165) is 6.42 Å². The van der Waals surface area contributed by atoms with Crippen LogP contribution in [0.2, 0.25) is 0 Å². The average molecular weight is 241 g/mol. The van der Waals surface area contributed by atoms with E-state index in [1.54, 1.807) is 11.8 Å². The fraction of sp³-hybridized carbons (Fsp3) is 0.846. The van der Waals surface area contributed by atoms with Gasteiger partial charge in [0.1, 0.15) is 0 Å². The molecule has 0 aromatic rings. The van der Waals surface area contributed by atoms with Crippen molar-refractivity contribution in [3.63, 3.8) is 0 Å². The van der Waals surface area contributed by atoms with Crippen molar-refractivity contribution in [3.8, 4) is 0 Å². The number of nitrogens with zero attached hydrogens (tertiary/aromatic N) is 1. The third-order valence-corrected chi connectivity index (χ3v) is 3.33. The van der Waals surface area contributed by atoms with Crippen LogP contribution >= 0.6 is 0 Å². The van der Waals surface area contributed by atoms with Crippen LogP contribution in [0.5, 0.6) is 0 Å². The second-order valence-corrected chi connectivity index (χ2v) is 5.85. The number of β-lactam (4-membered cyclic amide) rings is 1. The highest BCUT2D eigenvalue weighted by molar-refractivity contribution is 5.95. The summed E-state index contributed by atoms with van der Waals surface area (Å²) >= 11 is 0. The van der Waals surface area contributed by atoms with Crippen molar-refractivity contribution in [2.75, 3.05) is 0 Å². The standard InChI is InChI=1S/C13H23NO3/c1-7-8-10(15)17-13(6)9(2)14(11(13)16)12(3,4)5/h9H,7-8H2,1-6H3/t9-,13+/m1/s1. The first-order valence-corrected chi connectivity index (χ1v) is 6.20. The molecule has 0 bridgehead atoms. The molecule has 1 aliphatic rings. The molecule has 0 aromatic heterocycles. The Morgan fingerprint density at radius 1 is 1.47 bits per heavy atom. The van der Waals surface area contributed by atoms with Crippen molar-refractivity contribution < 1.29 is 14.3 Å². The van der Waals surface area contributed by atoms with Gasteiger partial charge in [-0.15, -0.1) is 0 Å². The van der Waals surface area contributed by atoms with Crippen LogP contribution in [0.1, 0.15) is 54.4 Å². The monoisotopic (exact) mass is 241 g/mol. The van der Waals surface area contributed by atoms with Gasteiger partial charge in [0.2, 0.25) is 5.60 Å². The quantitative estimate of drug-likeness (QED) is 0.561. The van der Waals surface area contributed by atoms with Crippen LogP contribution in [-0.2, 0) is 14.3 Å². The molecule has 1 heterocycles. The van der Waals surface area contributed by atoms with Crippen molar-refractivity contribution in [3.05, 3.63) is 0 Å². The number of hydrogen-bond acceptors (Lipinski definition) is 3. The minimum Gasteiger partial charge on any atom is -0.447 e. The molecule has 17 heavy (non-hydrogen) atoms. The molecule has 4 nitrogen and oxygen atoms in total. The summed E-state index contributed by atoms with van der Waals surface area (Å²) in [6.45, 7) is 11.5. The summed E-state index contributed by atoms with van der Waals surface area (Å²) in [4.78, 5) is 25.4. The number of carbonyl (C=O) groups excluding carboxylic acids is 2. The van der Waals surface area contributed by atoms with E-state index in [2.05, 4.69) is 0 Å². The van der Waals surface area contributed by atoms with Crippen LogP contribution in [0.25, 0.3) is 0 Å². The van der Waals surface area contributed by atoms with Crippen LogP contribution < -0.4 is 0 Å². The molecule has 1 fully saturated rings. The predicted octanol–water partition coefficient (Wildman–Crippen LogP) is 2.12. The lowest BCUT2D eigenvalue weighted by atomic mass is 9.80. The van der Waals surface area contributed by atoms with Gasteiger partial charge < -0.3 is 9.64 Å². The predicted molar refractivity (Wildman–Crippen MR) is 65.5 cm³/mol. The summed E-state index contributed by atoms with van der Waals surface area (Å²) in [5, 5.41) is 0. The lowest BCUT2D eigenvalue weighted by molar-refractivity contribution is -0.212. The van der Waals surface area contributed by atoms with Gasteiger partial charge in [0.05, 0.1) is 6.04 Å². The Morgan fingerprint density at radius 2 is 2.00 bits per heavy atom. The zero-order valence-electron chi connectivity index (χ0n) is 11.7. The van der Waals surface area contributed by atoms with Crippen LogP contribution in [0.3, 0.4) is 0 Å². The zero-order chi connectivity index (χ0) is 13.4. The van der Waals surface area contributed by atoms with Gasteiger partial charge >= 0.3 is 5.97 Å². The fourth-order valence-electron chi connectivity index (χ4n) is 2.28. The second kappa shape index (κ2) is 4.31. The molecular formula is C13H23NO3. The highest BCUT2D eigenvalue weighted by Gasteiger charge is 2.61. The van der Waals surface area contributed by atoms with Crippen molar-refractivity contribution in [2.45, 2.75) is 71.6 Å². The summed E-state index contributed by atoms with van der Waals surface area (Å²) in [5.74, 6) is -0.384. The summed E-state index contributed by atoms with van der Waals surface area (Å²) in [6.07, 6.45) is 1.10. The maximum Gasteiger partial charge on any atom is 0.306 e. The molecule has 0 spiro atoms. The molecule has 0 unspecified atom stereocenters. The summed E-state index contributed by atoms with van der Waals surface area (Å²) in [7, 11) is 0. The molecular weight excluding hydrogens is 218 g/mol. The van der Waals surface area contributed by atoms with Gasteiger partial charge in [0, 0.05) is 12.0 Å². The second-order valence-electron chi connectivity index (χ2n) is 5.85. The maximum atomic E-state index is 12.1. The Labute approximate surface area is 103 Å². The molecule has 0 radical (unpaired) electrons.